The number of hydrogen-bond donors (Lipinski definition) is 2. The van der Waals surface area contributed by atoms with Crippen LogP contribution in [0.25, 0.3) is 0 Å². The lowest BCUT2D eigenvalue weighted by atomic mass is 9.51. The van der Waals surface area contributed by atoms with Crippen molar-refractivity contribution in [3.8, 4) is 11.5 Å². The summed E-state index contributed by atoms with van der Waals surface area (Å²) in [6.07, 6.45) is 4.29. The number of methoxy groups -OCH3 is 2. The van der Waals surface area contributed by atoms with Gasteiger partial charge in [-0.25, -0.2) is 0 Å². The Morgan fingerprint density at radius 3 is 3.00 bits per heavy atom. The largest absolute Gasteiger partial charge is 0.493 e. The molecule has 4 aliphatic rings. The molecule has 2 fully saturated rings. The second-order valence-electron chi connectivity index (χ2n) is 8.43. The molecular weight excluding hydrogens is 344 g/mol. The fourth-order valence-electron chi connectivity index (χ4n) is 6.35. The standard InChI is InChI=1S/C21H28N2O4/c1-11(20(24)26-3)23-14-6-5-13-15-10-12-4-7-16(25-2)18-17(12)21(13,8-9-22-15)19(14)27-18/h4,7,11,13-15,19,22-23H,5-6,8-10H2,1-3H3/t11-,13?,14?,15?,19?,21-/m1/s1. The van der Waals surface area contributed by atoms with Gasteiger partial charge >= 0.3 is 5.97 Å². The third-order valence-electron chi connectivity index (χ3n) is 7.35. The molecule has 0 aromatic heterocycles. The van der Waals surface area contributed by atoms with Gasteiger partial charge in [0.05, 0.1) is 14.2 Å². The summed E-state index contributed by atoms with van der Waals surface area (Å²) >= 11 is 0. The molecular formula is C21H28N2O4. The van der Waals surface area contributed by atoms with E-state index in [0.29, 0.717) is 12.0 Å². The second-order valence-corrected chi connectivity index (χ2v) is 8.43. The van der Waals surface area contributed by atoms with E-state index in [0.717, 1.165) is 43.7 Å². The maximum atomic E-state index is 12.0. The van der Waals surface area contributed by atoms with E-state index in [-0.39, 0.29) is 29.6 Å². The van der Waals surface area contributed by atoms with Gasteiger partial charge in [0.25, 0.3) is 0 Å². The summed E-state index contributed by atoms with van der Waals surface area (Å²) in [4.78, 5) is 12.0. The Morgan fingerprint density at radius 2 is 2.22 bits per heavy atom. The van der Waals surface area contributed by atoms with Gasteiger partial charge in [0.15, 0.2) is 11.5 Å². The number of rotatable bonds is 4. The van der Waals surface area contributed by atoms with Crippen LogP contribution in [0.3, 0.4) is 0 Å². The minimum Gasteiger partial charge on any atom is -0.493 e. The number of esters is 1. The summed E-state index contributed by atoms with van der Waals surface area (Å²) in [6, 6.07) is 4.54. The Bertz CT molecular complexity index is 782. The molecule has 1 aromatic carbocycles. The first-order valence-electron chi connectivity index (χ1n) is 10.0. The van der Waals surface area contributed by atoms with Gasteiger partial charge in [0.1, 0.15) is 12.1 Å². The highest BCUT2D eigenvalue weighted by Crippen LogP contribution is 2.62. The van der Waals surface area contributed by atoms with Crippen molar-refractivity contribution < 1.29 is 19.0 Å². The van der Waals surface area contributed by atoms with Gasteiger partial charge in [0.2, 0.25) is 0 Å². The van der Waals surface area contributed by atoms with Gasteiger partial charge in [-0.05, 0) is 56.7 Å². The van der Waals surface area contributed by atoms with Gasteiger partial charge in [0, 0.05) is 23.1 Å². The van der Waals surface area contributed by atoms with E-state index in [1.165, 1.54) is 18.2 Å². The van der Waals surface area contributed by atoms with Crippen molar-refractivity contribution in [2.24, 2.45) is 5.92 Å². The molecule has 6 atom stereocenters. The summed E-state index contributed by atoms with van der Waals surface area (Å²) in [7, 11) is 3.15. The zero-order valence-electron chi connectivity index (χ0n) is 16.2. The van der Waals surface area contributed by atoms with E-state index in [2.05, 4.69) is 16.7 Å². The van der Waals surface area contributed by atoms with Crippen LogP contribution in [0, 0.1) is 5.92 Å². The van der Waals surface area contributed by atoms with Crippen LogP contribution >= 0.6 is 0 Å². The lowest BCUT2D eigenvalue weighted by Crippen LogP contribution is -2.68. The van der Waals surface area contributed by atoms with Crippen molar-refractivity contribution in [3.05, 3.63) is 23.3 Å². The highest BCUT2D eigenvalue weighted by Gasteiger charge is 2.64. The van der Waals surface area contributed by atoms with Crippen molar-refractivity contribution in [3.63, 3.8) is 0 Å². The van der Waals surface area contributed by atoms with E-state index >= 15 is 0 Å². The molecule has 4 unspecified atom stereocenters. The summed E-state index contributed by atoms with van der Waals surface area (Å²) in [5.41, 5.74) is 2.79. The predicted octanol–water partition coefficient (Wildman–Crippen LogP) is 1.54. The van der Waals surface area contributed by atoms with E-state index in [1.54, 1.807) is 7.11 Å². The van der Waals surface area contributed by atoms with Crippen LogP contribution in [-0.4, -0.2) is 51.0 Å². The van der Waals surface area contributed by atoms with Crippen LogP contribution in [0.4, 0.5) is 0 Å². The average molecular weight is 372 g/mol. The fraction of sp³-hybridized carbons (Fsp3) is 0.667. The van der Waals surface area contributed by atoms with Gasteiger partial charge in [-0.3, -0.25) is 10.1 Å². The SMILES string of the molecule is COC(=O)[C@@H](C)NC1CCC2C3Cc4ccc(OC)c5c4[C@]2(CCN3)C1O5. The van der Waals surface area contributed by atoms with Crippen molar-refractivity contribution in [1.82, 2.24) is 10.6 Å². The second kappa shape index (κ2) is 6.11. The van der Waals surface area contributed by atoms with Crippen molar-refractivity contribution >= 4 is 5.97 Å². The van der Waals surface area contributed by atoms with Crippen LogP contribution in [0.5, 0.6) is 11.5 Å². The number of piperidine rings is 1. The molecule has 1 saturated carbocycles. The summed E-state index contributed by atoms with van der Waals surface area (Å²) < 4.78 is 17.2. The molecule has 6 nitrogen and oxygen atoms in total. The van der Waals surface area contributed by atoms with Crippen LogP contribution in [-0.2, 0) is 21.4 Å². The number of benzene rings is 1. The summed E-state index contributed by atoms with van der Waals surface area (Å²) in [6.45, 7) is 2.88. The molecule has 2 aliphatic heterocycles. The minimum atomic E-state index is -0.345. The highest BCUT2D eigenvalue weighted by atomic mass is 16.5. The highest BCUT2D eigenvalue weighted by molar-refractivity contribution is 5.75. The first kappa shape index (κ1) is 17.3. The molecule has 2 aliphatic carbocycles. The summed E-state index contributed by atoms with van der Waals surface area (Å²) in [5.74, 6) is 2.11. The molecule has 2 heterocycles. The predicted molar refractivity (Wildman–Crippen MR) is 100 cm³/mol. The quantitative estimate of drug-likeness (QED) is 0.782. The van der Waals surface area contributed by atoms with Crippen molar-refractivity contribution in [2.75, 3.05) is 20.8 Å². The van der Waals surface area contributed by atoms with E-state index in [1.807, 2.05) is 13.0 Å². The van der Waals surface area contributed by atoms with Gasteiger partial charge in [-0.2, -0.15) is 0 Å². The first-order valence-corrected chi connectivity index (χ1v) is 10.0. The molecule has 0 radical (unpaired) electrons. The number of ether oxygens (including phenoxy) is 3. The Kier molecular flexibility index (Phi) is 3.92. The number of carbonyl (C=O) groups is 1. The van der Waals surface area contributed by atoms with E-state index in [9.17, 15) is 4.79 Å². The Morgan fingerprint density at radius 1 is 1.37 bits per heavy atom. The molecule has 5 rings (SSSR count). The van der Waals surface area contributed by atoms with Gasteiger partial charge in [-0.1, -0.05) is 6.07 Å². The Balaban J connectivity index is 1.59. The van der Waals surface area contributed by atoms with Crippen LogP contribution in [0.2, 0.25) is 0 Å². The van der Waals surface area contributed by atoms with Gasteiger partial charge < -0.3 is 19.5 Å². The zero-order chi connectivity index (χ0) is 18.8. The fourth-order valence-corrected chi connectivity index (χ4v) is 6.35. The lowest BCUT2D eigenvalue weighted by molar-refractivity contribution is -0.143. The van der Waals surface area contributed by atoms with Crippen LogP contribution < -0.4 is 20.1 Å². The lowest BCUT2D eigenvalue weighted by Gasteiger charge is -2.57. The van der Waals surface area contributed by atoms with Crippen LogP contribution in [0.15, 0.2) is 12.1 Å². The Labute approximate surface area is 159 Å². The molecule has 146 valence electrons. The zero-order valence-corrected chi connectivity index (χ0v) is 16.2. The molecule has 1 spiro atoms. The molecule has 1 aromatic rings. The molecule has 1 saturated heterocycles. The number of carbonyl (C=O) groups excluding carboxylic acids is 1. The first-order chi connectivity index (χ1) is 13.1. The normalized spacial score (nSPS) is 36.4. The van der Waals surface area contributed by atoms with Crippen molar-refractivity contribution in [1.29, 1.82) is 0 Å². The maximum Gasteiger partial charge on any atom is 0.322 e. The molecule has 27 heavy (non-hydrogen) atoms. The minimum absolute atomic E-state index is 0.0130. The van der Waals surface area contributed by atoms with Crippen molar-refractivity contribution in [2.45, 2.75) is 62.3 Å². The topological polar surface area (TPSA) is 68.8 Å². The maximum absolute atomic E-state index is 12.0. The third kappa shape index (κ3) is 2.23. The molecule has 2 N–H and O–H groups in total. The van der Waals surface area contributed by atoms with Crippen LogP contribution in [0.1, 0.15) is 37.3 Å². The molecule has 0 amide bonds. The average Bonchev–Trinajstić information content (AvgIpc) is 3.02. The molecule has 2 bridgehead atoms. The van der Waals surface area contributed by atoms with E-state index < -0.39 is 0 Å². The smallest absolute Gasteiger partial charge is 0.322 e. The van der Waals surface area contributed by atoms with Gasteiger partial charge in [-0.15, -0.1) is 0 Å². The Hall–Kier alpha value is -1.79. The van der Waals surface area contributed by atoms with E-state index in [4.69, 9.17) is 14.2 Å². The monoisotopic (exact) mass is 372 g/mol. The molecule has 6 heteroatoms. The number of hydrogen-bond acceptors (Lipinski definition) is 6. The number of nitrogens with one attached hydrogen (secondary N) is 2. The third-order valence-corrected chi connectivity index (χ3v) is 7.35. The summed E-state index contributed by atoms with van der Waals surface area (Å²) in [5, 5.41) is 7.27.